The molecule has 3 heterocycles. The Labute approximate surface area is 148 Å². The van der Waals surface area contributed by atoms with Gasteiger partial charge < -0.3 is 15.0 Å². The van der Waals surface area contributed by atoms with Crippen molar-refractivity contribution in [1.82, 2.24) is 15.2 Å². The van der Waals surface area contributed by atoms with Crippen molar-refractivity contribution >= 4 is 11.8 Å². The number of nitrogens with zero attached hydrogens (tertiary/aromatic N) is 2. The molecule has 3 rings (SSSR count). The van der Waals surface area contributed by atoms with Crippen LogP contribution in [0.25, 0.3) is 0 Å². The molecule has 1 aromatic rings. The number of carbonyl (C=O) groups is 2. The van der Waals surface area contributed by atoms with Gasteiger partial charge >= 0.3 is 0 Å². The molecule has 0 bridgehead atoms. The van der Waals surface area contributed by atoms with Crippen LogP contribution < -0.4 is 5.32 Å². The zero-order valence-corrected chi connectivity index (χ0v) is 15.2. The predicted molar refractivity (Wildman–Crippen MR) is 94.1 cm³/mol. The second-order valence-corrected chi connectivity index (χ2v) is 8.13. The third-order valence-corrected chi connectivity index (χ3v) is 5.05. The summed E-state index contributed by atoms with van der Waals surface area (Å²) in [6, 6.07) is 5.30. The molecule has 2 amide bonds. The van der Waals surface area contributed by atoms with Crippen LogP contribution in [-0.4, -0.2) is 53.0 Å². The number of carbonyl (C=O) groups excluding carboxylic acids is 2. The number of nitrogens with one attached hydrogen (secondary N) is 1. The summed E-state index contributed by atoms with van der Waals surface area (Å²) in [5.41, 5.74) is -0.134. The van der Waals surface area contributed by atoms with E-state index in [1.54, 1.807) is 24.4 Å². The number of hydrogen-bond donors (Lipinski definition) is 1. The smallest absolute Gasteiger partial charge is 0.270 e. The van der Waals surface area contributed by atoms with Crippen LogP contribution in [0.5, 0.6) is 0 Å². The van der Waals surface area contributed by atoms with Crippen LogP contribution in [0, 0.1) is 5.41 Å². The fourth-order valence-electron chi connectivity index (χ4n) is 3.63. The van der Waals surface area contributed by atoms with E-state index in [2.05, 4.69) is 10.3 Å². The molecule has 1 spiro atoms. The van der Waals surface area contributed by atoms with E-state index in [-0.39, 0.29) is 28.9 Å². The third-order valence-electron chi connectivity index (χ3n) is 5.05. The molecule has 6 nitrogen and oxygen atoms in total. The summed E-state index contributed by atoms with van der Waals surface area (Å²) in [6.07, 6.45) is 4.06. The van der Waals surface area contributed by atoms with Gasteiger partial charge in [0, 0.05) is 24.7 Å². The van der Waals surface area contributed by atoms with Crippen LogP contribution >= 0.6 is 0 Å². The van der Waals surface area contributed by atoms with Gasteiger partial charge in [-0.1, -0.05) is 26.8 Å². The molecule has 0 unspecified atom stereocenters. The van der Waals surface area contributed by atoms with Crippen molar-refractivity contribution < 1.29 is 14.3 Å². The molecule has 0 aliphatic carbocycles. The summed E-state index contributed by atoms with van der Waals surface area (Å²) in [5, 5.41) is 3.02. The topological polar surface area (TPSA) is 71.5 Å². The van der Waals surface area contributed by atoms with Crippen molar-refractivity contribution in [2.75, 3.05) is 19.7 Å². The average molecular weight is 345 g/mol. The first-order valence-corrected chi connectivity index (χ1v) is 8.94. The zero-order valence-electron chi connectivity index (χ0n) is 15.2. The molecule has 6 heteroatoms. The molecule has 2 saturated heterocycles. The van der Waals surface area contributed by atoms with Gasteiger partial charge in [-0.3, -0.25) is 14.6 Å². The number of rotatable bonds is 2. The highest BCUT2D eigenvalue weighted by Gasteiger charge is 2.44. The first-order valence-electron chi connectivity index (χ1n) is 8.94. The van der Waals surface area contributed by atoms with E-state index < -0.39 is 0 Å². The Morgan fingerprint density at radius 1 is 1.28 bits per heavy atom. The molecule has 0 aromatic carbocycles. The molecule has 0 radical (unpaired) electrons. The van der Waals surface area contributed by atoms with Crippen molar-refractivity contribution in [3.63, 3.8) is 0 Å². The third kappa shape index (κ3) is 4.00. The Kier molecular flexibility index (Phi) is 4.82. The summed E-state index contributed by atoms with van der Waals surface area (Å²) in [4.78, 5) is 30.7. The van der Waals surface area contributed by atoms with Crippen LogP contribution in [0.3, 0.4) is 0 Å². The van der Waals surface area contributed by atoms with E-state index in [0.29, 0.717) is 12.3 Å². The van der Waals surface area contributed by atoms with Crippen molar-refractivity contribution in [3.8, 4) is 0 Å². The molecule has 1 atom stereocenters. The molecule has 2 fully saturated rings. The van der Waals surface area contributed by atoms with Crippen molar-refractivity contribution in [1.29, 1.82) is 0 Å². The Morgan fingerprint density at radius 2 is 2.00 bits per heavy atom. The van der Waals surface area contributed by atoms with Gasteiger partial charge in [0.15, 0.2) is 0 Å². The van der Waals surface area contributed by atoms with Crippen molar-refractivity contribution in [3.05, 3.63) is 30.1 Å². The fourth-order valence-corrected chi connectivity index (χ4v) is 3.63. The Morgan fingerprint density at radius 3 is 2.60 bits per heavy atom. The van der Waals surface area contributed by atoms with Crippen molar-refractivity contribution in [2.45, 2.75) is 51.7 Å². The zero-order chi connectivity index (χ0) is 18.1. The number of likely N-dealkylation sites (tertiary alicyclic amines) is 1. The van der Waals surface area contributed by atoms with Gasteiger partial charge in [-0.15, -0.1) is 0 Å². The van der Waals surface area contributed by atoms with Gasteiger partial charge in [0.1, 0.15) is 5.69 Å². The number of hydrogen-bond acceptors (Lipinski definition) is 4. The second kappa shape index (κ2) is 6.75. The molecular weight excluding hydrogens is 318 g/mol. The van der Waals surface area contributed by atoms with E-state index in [9.17, 15) is 9.59 Å². The summed E-state index contributed by atoms with van der Waals surface area (Å²) in [5.74, 6) is 0.0342. The van der Waals surface area contributed by atoms with E-state index in [4.69, 9.17) is 4.74 Å². The molecule has 0 saturated carbocycles. The summed E-state index contributed by atoms with van der Waals surface area (Å²) in [7, 11) is 0. The maximum atomic E-state index is 12.4. The van der Waals surface area contributed by atoms with Gasteiger partial charge in [-0.05, 0) is 31.4 Å². The molecule has 2 aliphatic heterocycles. The fraction of sp³-hybridized carbons (Fsp3) is 0.632. The van der Waals surface area contributed by atoms with E-state index in [0.717, 1.165) is 32.4 Å². The summed E-state index contributed by atoms with van der Waals surface area (Å²) in [6.45, 7) is 7.82. The van der Waals surface area contributed by atoms with E-state index in [1.165, 1.54) is 0 Å². The highest BCUT2D eigenvalue weighted by atomic mass is 16.5. The second-order valence-electron chi connectivity index (χ2n) is 8.13. The standard InChI is InChI=1S/C19H27N3O3/c1-18(2,3)17(24)22-10-7-19(8-11-22)12-14(13-25-19)21-16(23)15-6-4-5-9-20-15/h4-6,9,14H,7-8,10-13H2,1-3H3,(H,21,23)/t14-/m0/s1. The summed E-state index contributed by atoms with van der Waals surface area (Å²) >= 11 is 0. The lowest BCUT2D eigenvalue weighted by atomic mass is 9.85. The molecule has 1 aromatic heterocycles. The molecular formula is C19H27N3O3. The van der Waals surface area contributed by atoms with Crippen LogP contribution in [0.4, 0.5) is 0 Å². The first-order chi connectivity index (χ1) is 11.8. The Balaban J connectivity index is 1.53. The SMILES string of the molecule is CC(C)(C)C(=O)N1CCC2(CC1)C[C@H](NC(=O)c1ccccn1)CO2. The van der Waals surface area contributed by atoms with Crippen LogP contribution in [-0.2, 0) is 9.53 Å². The molecule has 25 heavy (non-hydrogen) atoms. The monoisotopic (exact) mass is 345 g/mol. The largest absolute Gasteiger partial charge is 0.373 e. The maximum Gasteiger partial charge on any atom is 0.270 e. The number of ether oxygens (including phenoxy) is 1. The molecule has 2 aliphatic rings. The first kappa shape index (κ1) is 17.9. The van der Waals surface area contributed by atoms with Crippen molar-refractivity contribution in [2.24, 2.45) is 5.41 Å². The van der Waals surface area contributed by atoms with E-state index in [1.807, 2.05) is 25.7 Å². The highest BCUT2D eigenvalue weighted by Crippen LogP contribution is 2.37. The summed E-state index contributed by atoms with van der Waals surface area (Å²) < 4.78 is 6.07. The lowest BCUT2D eigenvalue weighted by Crippen LogP contribution is -2.50. The number of amides is 2. The average Bonchev–Trinajstić information content (AvgIpc) is 2.97. The predicted octanol–water partition coefficient (Wildman–Crippen LogP) is 2.01. The van der Waals surface area contributed by atoms with Crippen LogP contribution in [0.2, 0.25) is 0 Å². The van der Waals surface area contributed by atoms with Gasteiger partial charge in [0.25, 0.3) is 5.91 Å². The highest BCUT2D eigenvalue weighted by molar-refractivity contribution is 5.92. The van der Waals surface area contributed by atoms with Gasteiger partial charge in [0.2, 0.25) is 5.91 Å². The van der Waals surface area contributed by atoms with Crippen LogP contribution in [0.15, 0.2) is 24.4 Å². The number of aromatic nitrogens is 1. The lowest BCUT2D eigenvalue weighted by molar-refractivity contribution is -0.144. The normalized spacial score (nSPS) is 22.8. The minimum absolute atomic E-state index is 0.000580. The molecule has 1 N–H and O–H groups in total. The molecule has 136 valence electrons. The Bertz CT molecular complexity index is 631. The minimum atomic E-state index is -0.347. The maximum absolute atomic E-state index is 12.4. The van der Waals surface area contributed by atoms with Gasteiger partial charge in [-0.25, -0.2) is 0 Å². The van der Waals surface area contributed by atoms with Gasteiger partial charge in [0.05, 0.1) is 18.2 Å². The Hall–Kier alpha value is -1.95. The van der Waals surface area contributed by atoms with Crippen LogP contribution in [0.1, 0.15) is 50.5 Å². The van der Waals surface area contributed by atoms with E-state index >= 15 is 0 Å². The number of piperidine rings is 1. The minimum Gasteiger partial charge on any atom is -0.373 e. The number of pyridine rings is 1. The van der Waals surface area contributed by atoms with Gasteiger partial charge in [-0.2, -0.15) is 0 Å². The quantitative estimate of drug-likeness (QED) is 0.890. The lowest BCUT2D eigenvalue weighted by Gasteiger charge is -2.40.